The quantitative estimate of drug-likeness (QED) is 0.452. The summed E-state index contributed by atoms with van der Waals surface area (Å²) in [5.41, 5.74) is 0.238. The van der Waals surface area contributed by atoms with Gasteiger partial charge in [0.1, 0.15) is 17.9 Å². The number of likely N-dealkylation sites (tertiary alicyclic amines) is 1. The van der Waals surface area contributed by atoms with Gasteiger partial charge in [-0.1, -0.05) is 35.9 Å². The van der Waals surface area contributed by atoms with Crippen molar-refractivity contribution in [1.29, 1.82) is 0 Å². The number of methoxy groups -OCH3 is 1. The minimum Gasteiger partial charge on any atom is -0.453 e. The minimum absolute atomic E-state index is 0.0298. The molecule has 0 spiro atoms. The second kappa shape index (κ2) is 11.9. The van der Waals surface area contributed by atoms with Crippen LogP contribution in [0.2, 0.25) is 5.02 Å². The Bertz CT molecular complexity index is 1300. The van der Waals surface area contributed by atoms with Crippen LogP contribution in [0.5, 0.6) is 0 Å². The number of carbonyl (C=O) groups excluding carboxylic acids is 3. The van der Waals surface area contributed by atoms with E-state index in [0.29, 0.717) is 0 Å². The van der Waals surface area contributed by atoms with E-state index in [0.717, 1.165) is 30.2 Å². The number of halogens is 4. The third-order valence-corrected chi connectivity index (χ3v) is 8.20. The predicted octanol–water partition coefficient (Wildman–Crippen LogP) is 5.25. The number of alkyl halides is 2. The number of carbonyl (C=O) groups is 3. The van der Waals surface area contributed by atoms with Gasteiger partial charge in [0.25, 0.3) is 11.8 Å². The molecular formula is C29H31ClF3N3O5. The maximum atomic E-state index is 14.5. The van der Waals surface area contributed by atoms with Crippen molar-refractivity contribution in [3.05, 3.63) is 64.9 Å². The molecule has 12 heteroatoms. The van der Waals surface area contributed by atoms with Gasteiger partial charge in [-0.25, -0.2) is 18.0 Å². The Morgan fingerprint density at radius 1 is 1.10 bits per heavy atom. The van der Waals surface area contributed by atoms with Crippen LogP contribution in [0.15, 0.2) is 48.5 Å². The number of rotatable bonds is 8. The normalized spacial score (nSPS) is 22.8. The van der Waals surface area contributed by atoms with Crippen LogP contribution in [-0.4, -0.2) is 66.7 Å². The Balaban J connectivity index is 1.54. The van der Waals surface area contributed by atoms with Crippen LogP contribution in [-0.2, 0) is 19.1 Å². The summed E-state index contributed by atoms with van der Waals surface area (Å²) in [6.45, 7) is 0.0939. The fourth-order valence-electron chi connectivity index (χ4n) is 5.56. The molecule has 3 amide bonds. The summed E-state index contributed by atoms with van der Waals surface area (Å²) in [4.78, 5) is 43.4. The Labute approximate surface area is 240 Å². The number of ether oxygens (including phenoxy) is 2. The lowest BCUT2D eigenvalue weighted by atomic mass is 9.87. The zero-order valence-electron chi connectivity index (χ0n) is 22.4. The lowest BCUT2D eigenvalue weighted by molar-refractivity contribution is -0.133. The van der Waals surface area contributed by atoms with Crippen LogP contribution in [0.3, 0.4) is 0 Å². The van der Waals surface area contributed by atoms with Crippen molar-refractivity contribution in [2.75, 3.05) is 18.6 Å². The van der Waals surface area contributed by atoms with E-state index in [9.17, 15) is 27.6 Å². The van der Waals surface area contributed by atoms with Crippen LogP contribution >= 0.6 is 11.6 Å². The van der Waals surface area contributed by atoms with Gasteiger partial charge in [-0.05, 0) is 43.5 Å². The van der Waals surface area contributed by atoms with E-state index in [1.54, 1.807) is 12.1 Å². The van der Waals surface area contributed by atoms with Crippen LogP contribution in [0.25, 0.3) is 0 Å². The monoisotopic (exact) mass is 593 g/mol. The summed E-state index contributed by atoms with van der Waals surface area (Å²) in [5, 5.41) is 2.75. The first-order valence-corrected chi connectivity index (χ1v) is 14.0. The van der Waals surface area contributed by atoms with Gasteiger partial charge < -0.3 is 14.8 Å². The molecule has 2 aromatic rings. The SMILES string of the molecule is COC(=O)N1CC(OC2CCC2)CC1C(=O)N(c1cccc(F)c1)C(C(=O)NC1CC(F)(F)C1)c1ccccc1Cl. The number of hydrogen-bond acceptors (Lipinski definition) is 5. The average Bonchev–Trinajstić information content (AvgIpc) is 3.32. The molecule has 1 aliphatic heterocycles. The van der Waals surface area contributed by atoms with E-state index < -0.39 is 66.7 Å². The number of benzene rings is 2. The highest BCUT2D eigenvalue weighted by molar-refractivity contribution is 6.31. The molecule has 2 aromatic carbocycles. The van der Waals surface area contributed by atoms with Crippen molar-refractivity contribution in [3.63, 3.8) is 0 Å². The summed E-state index contributed by atoms with van der Waals surface area (Å²) in [5.74, 6) is -5.02. The van der Waals surface area contributed by atoms with E-state index in [4.69, 9.17) is 21.1 Å². The Kier molecular flexibility index (Phi) is 8.47. The fraction of sp³-hybridized carbons (Fsp3) is 0.483. The summed E-state index contributed by atoms with van der Waals surface area (Å²) in [6, 6.07) is 8.05. The number of nitrogens with one attached hydrogen (secondary N) is 1. The smallest absolute Gasteiger partial charge is 0.410 e. The van der Waals surface area contributed by atoms with Crippen LogP contribution in [0.1, 0.15) is 50.1 Å². The maximum absolute atomic E-state index is 14.5. The Hall–Kier alpha value is -3.31. The molecule has 5 rings (SSSR count). The Morgan fingerprint density at radius 2 is 1.83 bits per heavy atom. The molecule has 8 nitrogen and oxygen atoms in total. The lowest BCUT2D eigenvalue weighted by Gasteiger charge is -2.39. The van der Waals surface area contributed by atoms with E-state index in [-0.39, 0.29) is 35.3 Å². The molecule has 220 valence electrons. The highest BCUT2D eigenvalue weighted by Crippen LogP contribution is 2.40. The van der Waals surface area contributed by atoms with Gasteiger partial charge in [0, 0.05) is 41.6 Å². The van der Waals surface area contributed by atoms with Gasteiger partial charge in [-0.15, -0.1) is 0 Å². The zero-order valence-corrected chi connectivity index (χ0v) is 23.2. The molecule has 1 N–H and O–H groups in total. The van der Waals surface area contributed by atoms with E-state index in [1.807, 2.05) is 0 Å². The van der Waals surface area contributed by atoms with Crippen LogP contribution in [0, 0.1) is 5.82 Å². The first kappa shape index (κ1) is 29.2. The van der Waals surface area contributed by atoms with Crippen molar-refractivity contribution < 1.29 is 37.0 Å². The van der Waals surface area contributed by atoms with Crippen molar-refractivity contribution in [2.45, 2.75) is 74.8 Å². The van der Waals surface area contributed by atoms with Crippen LogP contribution < -0.4 is 10.2 Å². The lowest BCUT2D eigenvalue weighted by Crippen LogP contribution is -2.56. The average molecular weight is 594 g/mol. The highest BCUT2D eigenvalue weighted by Gasteiger charge is 2.49. The predicted molar refractivity (Wildman–Crippen MR) is 144 cm³/mol. The first-order chi connectivity index (χ1) is 19.6. The number of amides is 3. The summed E-state index contributed by atoms with van der Waals surface area (Å²) in [6.07, 6.45) is 0.689. The molecule has 1 heterocycles. The molecule has 41 heavy (non-hydrogen) atoms. The van der Waals surface area contributed by atoms with Crippen molar-refractivity contribution in [2.24, 2.45) is 0 Å². The molecule has 3 unspecified atom stereocenters. The third-order valence-electron chi connectivity index (χ3n) is 7.86. The molecule has 2 aliphatic carbocycles. The molecular weight excluding hydrogens is 563 g/mol. The van der Waals surface area contributed by atoms with Gasteiger partial charge in [-0.3, -0.25) is 19.4 Å². The summed E-state index contributed by atoms with van der Waals surface area (Å²) >= 11 is 6.51. The molecule has 0 radical (unpaired) electrons. The molecule has 1 saturated heterocycles. The Morgan fingerprint density at radius 3 is 2.44 bits per heavy atom. The number of hydrogen-bond donors (Lipinski definition) is 1. The first-order valence-electron chi connectivity index (χ1n) is 13.6. The molecule has 0 bridgehead atoms. The van der Waals surface area contributed by atoms with E-state index in [2.05, 4.69) is 5.32 Å². The standard InChI is InChI=1S/C29H31ClF3N3O5/c1-40-28(39)35-16-21(41-20-8-5-9-20)13-24(35)27(38)36(19-7-4-6-17(31)12-19)25(22-10-2-3-11-23(22)30)26(37)34-18-14-29(32,33)15-18/h2-4,6-7,10-12,18,20-21,24-25H,5,8-9,13-16H2,1H3,(H,34,37). The second-order valence-corrected chi connectivity index (χ2v) is 11.2. The largest absolute Gasteiger partial charge is 0.453 e. The van der Waals surface area contributed by atoms with Gasteiger partial charge in [0.15, 0.2) is 0 Å². The number of nitrogens with zero attached hydrogens (tertiary/aromatic N) is 2. The van der Waals surface area contributed by atoms with Gasteiger partial charge in [0.05, 0.1) is 25.9 Å². The van der Waals surface area contributed by atoms with Gasteiger partial charge >= 0.3 is 6.09 Å². The molecule has 3 fully saturated rings. The molecule has 2 saturated carbocycles. The summed E-state index contributed by atoms with van der Waals surface area (Å²) < 4.78 is 52.8. The third kappa shape index (κ3) is 6.30. The molecule has 0 aromatic heterocycles. The van der Waals surface area contributed by atoms with E-state index >= 15 is 0 Å². The summed E-state index contributed by atoms with van der Waals surface area (Å²) in [7, 11) is 1.20. The minimum atomic E-state index is -2.89. The van der Waals surface area contributed by atoms with Crippen molar-refractivity contribution >= 4 is 35.2 Å². The van der Waals surface area contributed by atoms with Crippen molar-refractivity contribution in [3.8, 4) is 0 Å². The van der Waals surface area contributed by atoms with E-state index in [1.165, 1.54) is 42.3 Å². The van der Waals surface area contributed by atoms with Crippen molar-refractivity contribution in [1.82, 2.24) is 10.2 Å². The number of anilines is 1. The topological polar surface area (TPSA) is 88.2 Å². The maximum Gasteiger partial charge on any atom is 0.410 e. The molecule has 3 aliphatic rings. The zero-order chi connectivity index (χ0) is 29.3. The van der Waals surface area contributed by atoms with Crippen LogP contribution in [0.4, 0.5) is 23.7 Å². The highest BCUT2D eigenvalue weighted by atomic mass is 35.5. The van der Waals surface area contributed by atoms with Gasteiger partial charge in [-0.2, -0.15) is 0 Å². The fourth-order valence-corrected chi connectivity index (χ4v) is 5.80. The molecule has 3 atom stereocenters. The second-order valence-electron chi connectivity index (χ2n) is 10.8. The van der Waals surface area contributed by atoms with Gasteiger partial charge in [0.2, 0.25) is 5.91 Å².